The van der Waals surface area contributed by atoms with Crippen LogP contribution in [0, 0.1) is 11.8 Å². The summed E-state index contributed by atoms with van der Waals surface area (Å²) in [5.74, 6) is 5.42. The van der Waals surface area contributed by atoms with E-state index in [1.807, 2.05) is 6.08 Å². The summed E-state index contributed by atoms with van der Waals surface area (Å²) in [6, 6.07) is 0. The van der Waals surface area contributed by atoms with Crippen molar-refractivity contribution in [1.82, 2.24) is 0 Å². The Morgan fingerprint density at radius 3 is 2.12 bits per heavy atom. The van der Waals surface area contributed by atoms with Crippen molar-refractivity contribution in [3.63, 3.8) is 0 Å². The summed E-state index contributed by atoms with van der Waals surface area (Å²) in [6.07, 6.45) is 10.6. The third kappa shape index (κ3) is 23.2. The van der Waals surface area contributed by atoms with E-state index < -0.39 is 0 Å². The van der Waals surface area contributed by atoms with Gasteiger partial charge < -0.3 is 10.2 Å². The van der Waals surface area contributed by atoms with Crippen molar-refractivity contribution in [2.24, 2.45) is 0 Å². The van der Waals surface area contributed by atoms with Crippen LogP contribution in [0.1, 0.15) is 52.4 Å². The fourth-order valence-electron chi connectivity index (χ4n) is 0.924. The summed E-state index contributed by atoms with van der Waals surface area (Å²) in [5.41, 5.74) is 0. The predicted octanol–water partition coefficient (Wildman–Crippen LogP) is 2.90. The summed E-state index contributed by atoms with van der Waals surface area (Å²) in [4.78, 5) is 0. The summed E-state index contributed by atoms with van der Waals surface area (Å²) < 4.78 is 0. The van der Waals surface area contributed by atoms with Crippen molar-refractivity contribution >= 4 is 0 Å². The summed E-state index contributed by atoms with van der Waals surface area (Å²) >= 11 is 0. The maximum atomic E-state index is 8.28. The van der Waals surface area contributed by atoms with Gasteiger partial charge in [0.2, 0.25) is 0 Å². The predicted molar refractivity (Wildman–Crippen MR) is 70.1 cm³/mol. The average Bonchev–Trinajstić information content (AvgIpc) is 2.31. The van der Waals surface area contributed by atoms with E-state index in [-0.39, 0.29) is 13.2 Å². The highest BCUT2D eigenvalue weighted by Gasteiger charge is 1.75. The Balaban J connectivity index is 0. The lowest BCUT2D eigenvalue weighted by atomic mass is 10.2. The lowest BCUT2D eigenvalue weighted by molar-refractivity contribution is 0.342. The van der Waals surface area contributed by atoms with E-state index in [0.29, 0.717) is 0 Å². The van der Waals surface area contributed by atoms with Gasteiger partial charge in [0.05, 0.1) is 6.61 Å². The normalized spacial score (nSPS) is 9.25. The van der Waals surface area contributed by atoms with Gasteiger partial charge in [0, 0.05) is 6.42 Å². The number of rotatable bonds is 6. The minimum atomic E-state index is 0.00368. The van der Waals surface area contributed by atoms with E-state index in [2.05, 4.69) is 25.7 Å². The monoisotopic (exact) mass is 226 g/mol. The molecule has 0 amide bonds. The first-order valence-electron chi connectivity index (χ1n) is 6.15. The second-order valence-electron chi connectivity index (χ2n) is 3.41. The van der Waals surface area contributed by atoms with Crippen LogP contribution in [0.2, 0.25) is 0 Å². The highest BCUT2D eigenvalue weighted by Crippen LogP contribution is 1.93. The maximum Gasteiger partial charge on any atom is 0.104 e. The van der Waals surface area contributed by atoms with Crippen LogP contribution in [0.3, 0.4) is 0 Å². The second-order valence-corrected chi connectivity index (χ2v) is 3.41. The standard InChI is InChI=1S/C7H14O.C7H12O/c2*1-2-3-4-5-6-7-8/h5-6,8H,2-4,7H2,1H3;8H,2-4,7H2,1H3/b6-5+;. The van der Waals surface area contributed by atoms with Gasteiger partial charge in [-0.15, -0.1) is 5.92 Å². The summed E-state index contributed by atoms with van der Waals surface area (Å²) in [6.45, 7) is 4.47. The number of unbranched alkanes of at least 4 members (excludes halogenated alkanes) is 4. The van der Waals surface area contributed by atoms with Crippen molar-refractivity contribution in [1.29, 1.82) is 0 Å². The maximum absolute atomic E-state index is 8.28. The van der Waals surface area contributed by atoms with E-state index in [0.717, 1.165) is 19.3 Å². The van der Waals surface area contributed by atoms with Crippen LogP contribution in [0.4, 0.5) is 0 Å². The molecule has 2 heteroatoms. The van der Waals surface area contributed by atoms with Crippen LogP contribution < -0.4 is 0 Å². The van der Waals surface area contributed by atoms with Gasteiger partial charge in [-0.3, -0.25) is 0 Å². The minimum absolute atomic E-state index is 0.00368. The molecule has 16 heavy (non-hydrogen) atoms. The zero-order valence-corrected chi connectivity index (χ0v) is 10.7. The smallest absolute Gasteiger partial charge is 0.104 e. The first kappa shape index (κ1) is 17.6. The molecule has 0 fully saturated rings. The van der Waals surface area contributed by atoms with Crippen LogP contribution >= 0.6 is 0 Å². The quantitative estimate of drug-likeness (QED) is 0.415. The van der Waals surface area contributed by atoms with E-state index >= 15 is 0 Å². The zero-order chi connectivity index (χ0) is 12.5. The highest BCUT2D eigenvalue weighted by molar-refractivity contribution is 4.97. The van der Waals surface area contributed by atoms with Gasteiger partial charge >= 0.3 is 0 Å². The third-order valence-electron chi connectivity index (χ3n) is 1.86. The molecule has 0 aliphatic heterocycles. The van der Waals surface area contributed by atoms with Gasteiger partial charge in [-0.05, 0) is 12.8 Å². The molecule has 0 aromatic rings. The molecule has 0 aliphatic carbocycles. The molecule has 0 atom stereocenters. The number of aliphatic hydroxyl groups is 2. The van der Waals surface area contributed by atoms with E-state index in [9.17, 15) is 0 Å². The molecule has 2 nitrogen and oxygen atoms in total. The first-order valence-corrected chi connectivity index (χ1v) is 6.15. The Morgan fingerprint density at radius 1 is 0.938 bits per heavy atom. The number of allylic oxidation sites excluding steroid dienone is 1. The Kier molecular flexibility index (Phi) is 21.7. The molecule has 2 N–H and O–H groups in total. The van der Waals surface area contributed by atoms with Crippen molar-refractivity contribution in [2.75, 3.05) is 13.2 Å². The van der Waals surface area contributed by atoms with Gasteiger partial charge in [0.25, 0.3) is 0 Å². The molecule has 0 saturated carbocycles. The molecule has 0 spiro atoms. The SMILES string of the molecule is CCCC/C=C/CO.CCCCC#CCO. The zero-order valence-electron chi connectivity index (χ0n) is 10.7. The van der Waals surface area contributed by atoms with Gasteiger partial charge in [-0.25, -0.2) is 0 Å². The molecule has 0 radical (unpaired) electrons. The molecular formula is C14H26O2. The van der Waals surface area contributed by atoms with Gasteiger partial charge in [-0.2, -0.15) is 0 Å². The number of aliphatic hydroxyl groups excluding tert-OH is 2. The Morgan fingerprint density at radius 2 is 1.62 bits per heavy atom. The van der Waals surface area contributed by atoms with Crippen LogP contribution in [0.25, 0.3) is 0 Å². The van der Waals surface area contributed by atoms with Gasteiger partial charge in [-0.1, -0.05) is 51.2 Å². The fourth-order valence-corrected chi connectivity index (χ4v) is 0.924. The van der Waals surface area contributed by atoms with Crippen molar-refractivity contribution in [3.05, 3.63) is 12.2 Å². The minimum Gasteiger partial charge on any atom is -0.392 e. The largest absolute Gasteiger partial charge is 0.392 e. The molecule has 0 rings (SSSR count). The van der Waals surface area contributed by atoms with Gasteiger partial charge in [0.1, 0.15) is 6.61 Å². The summed E-state index contributed by atoms with van der Waals surface area (Å²) in [5, 5.41) is 16.5. The molecule has 0 saturated heterocycles. The molecule has 0 bridgehead atoms. The number of hydrogen-bond acceptors (Lipinski definition) is 2. The van der Waals surface area contributed by atoms with Crippen LogP contribution in [0.5, 0.6) is 0 Å². The van der Waals surface area contributed by atoms with Crippen LogP contribution in [-0.2, 0) is 0 Å². The topological polar surface area (TPSA) is 40.5 Å². The Bertz CT molecular complexity index is 187. The fraction of sp³-hybridized carbons (Fsp3) is 0.714. The Hall–Kier alpha value is -0.780. The van der Waals surface area contributed by atoms with Gasteiger partial charge in [0.15, 0.2) is 0 Å². The van der Waals surface area contributed by atoms with Crippen molar-refractivity contribution in [3.8, 4) is 11.8 Å². The molecule has 0 heterocycles. The van der Waals surface area contributed by atoms with Crippen LogP contribution in [0.15, 0.2) is 12.2 Å². The molecule has 0 aliphatic rings. The third-order valence-corrected chi connectivity index (χ3v) is 1.86. The lowest BCUT2D eigenvalue weighted by Crippen LogP contribution is -1.72. The highest BCUT2D eigenvalue weighted by atomic mass is 16.3. The second kappa shape index (κ2) is 19.7. The first-order chi connectivity index (χ1) is 7.83. The number of hydrogen-bond donors (Lipinski definition) is 2. The van der Waals surface area contributed by atoms with Crippen LogP contribution in [-0.4, -0.2) is 23.4 Å². The molecule has 94 valence electrons. The molecule has 0 aromatic carbocycles. The summed E-state index contributed by atoms with van der Waals surface area (Å²) in [7, 11) is 0. The van der Waals surface area contributed by atoms with E-state index in [1.54, 1.807) is 6.08 Å². The van der Waals surface area contributed by atoms with E-state index in [4.69, 9.17) is 10.2 Å². The lowest BCUT2D eigenvalue weighted by Gasteiger charge is -1.85. The molecular weight excluding hydrogens is 200 g/mol. The van der Waals surface area contributed by atoms with E-state index in [1.165, 1.54) is 19.3 Å². The average molecular weight is 226 g/mol. The molecule has 0 unspecified atom stereocenters. The van der Waals surface area contributed by atoms with Crippen molar-refractivity contribution in [2.45, 2.75) is 52.4 Å². The molecule has 0 aromatic heterocycles. The van der Waals surface area contributed by atoms with Crippen molar-refractivity contribution < 1.29 is 10.2 Å². The Labute approximate surface area is 100 Å².